The molecule has 1 aromatic heterocycles. The maximum absolute atomic E-state index is 12.3. The smallest absolute Gasteiger partial charge is 0.223 e. The van der Waals surface area contributed by atoms with Gasteiger partial charge in [0.2, 0.25) is 5.91 Å². The van der Waals surface area contributed by atoms with Gasteiger partial charge in [0.25, 0.3) is 0 Å². The Bertz CT molecular complexity index is 570. The average molecular weight is 300 g/mol. The second kappa shape index (κ2) is 8.83. The number of hydrogen-bond acceptors (Lipinski definition) is 3. The van der Waals surface area contributed by atoms with Crippen LogP contribution in [0.5, 0.6) is 0 Å². The van der Waals surface area contributed by atoms with Crippen molar-refractivity contribution in [2.45, 2.75) is 39.7 Å². The highest BCUT2D eigenvalue weighted by atomic mass is 16.2. The molecular weight excluding hydrogens is 276 g/mol. The van der Waals surface area contributed by atoms with Crippen LogP contribution in [-0.4, -0.2) is 33.7 Å². The first-order chi connectivity index (χ1) is 10.5. The van der Waals surface area contributed by atoms with Crippen molar-refractivity contribution in [3.63, 3.8) is 0 Å². The molecule has 0 aliphatic rings. The van der Waals surface area contributed by atoms with Gasteiger partial charge in [0.05, 0.1) is 24.7 Å². The molecule has 0 radical (unpaired) electrons. The van der Waals surface area contributed by atoms with Gasteiger partial charge in [0, 0.05) is 25.2 Å². The number of amides is 1. The molecule has 0 atom stereocenters. The van der Waals surface area contributed by atoms with Gasteiger partial charge in [-0.25, -0.2) is 0 Å². The number of hydrogen-bond donors (Lipinski definition) is 0. The van der Waals surface area contributed by atoms with Gasteiger partial charge in [-0.05, 0) is 25.8 Å². The molecule has 1 aromatic rings. The van der Waals surface area contributed by atoms with Crippen LogP contribution in [0.3, 0.4) is 0 Å². The zero-order valence-electron chi connectivity index (χ0n) is 13.5. The Morgan fingerprint density at radius 2 is 2.00 bits per heavy atom. The molecule has 1 amide bonds. The van der Waals surface area contributed by atoms with Gasteiger partial charge in [0.15, 0.2) is 0 Å². The molecule has 118 valence electrons. The van der Waals surface area contributed by atoms with Crippen LogP contribution in [0.25, 0.3) is 0 Å². The lowest BCUT2D eigenvalue weighted by Gasteiger charge is -2.19. The first-order valence-electron chi connectivity index (χ1n) is 7.44. The zero-order chi connectivity index (χ0) is 16.5. The topological polar surface area (TPSA) is 61.9 Å². The third-order valence-corrected chi connectivity index (χ3v) is 3.61. The minimum absolute atomic E-state index is 0.0865. The summed E-state index contributed by atoms with van der Waals surface area (Å²) < 4.78 is 1.85. The molecule has 22 heavy (non-hydrogen) atoms. The summed E-state index contributed by atoms with van der Waals surface area (Å²) in [7, 11) is 0. The van der Waals surface area contributed by atoms with Crippen molar-refractivity contribution < 1.29 is 4.79 Å². The van der Waals surface area contributed by atoms with E-state index in [1.54, 1.807) is 17.1 Å². The quantitative estimate of drug-likeness (QED) is 0.658. The van der Waals surface area contributed by atoms with Crippen molar-refractivity contribution in [3.8, 4) is 6.07 Å². The fourth-order valence-corrected chi connectivity index (χ4v) is 2.45. The van der Waals surface area contributed by atoms with E-state index in [4.69, 9.17) is 5.26 Å². The normalized spacial score (nSPS) is 10.0. The largest absolute Gasteiger partial charge is 0.335 e. The third kappa shape index (κ3) is 4.59. The molecule has 0 aromatic carbocycles. The van der Waals surface area contributed by atoms with E-state index < -0.39 is 0 Å². The molecule has 0 N–H and O–H groups in total. The Morgan fingerprint density at radius 1 is 1.36 bits per heavy atom. The van der Waals surface area contributed by atoms with E-state index in [2.05, 4.69) is 24.3 Å². The lowest BCUT2D eigenvalue weighted by atomic mass is 10.1. The van der Waals surface area contributed by atoms with Gasteiger partial charge in [-0.1, -0.05) is 12.2 Å². The highest BCUT2D eigenvalue weighted by molar-refractivity contribution is 5.76. The minimum Gasteiger partial charge on any atom is -0.335 e. The average Bonchev–Trinajstić information content (AvgIpc) is 2.76. The lowest BCUT2D eigenvalue weighted by Crippen LogP contribution is -2.31. The molecule has 1 heterocycles. The molecule has 0 unspecified atom stereocenters. The number of nitriles is 1. The summed E-state index contributed by atoms with van der Waals surface area (Å²) in [5.74, 6) is 0.0865. The molecule has 0 aliphatic heterocycles. The number of aromatic nitrogens is 2. The highest BCUT2D eigenvalue weighted by Crippen LogP contribution is 2.16. The highest BCUT2D eigenvalue weighted by Gasteiger charge is 2.15. The van der Waals surface area contributed by atoms with Crippen molar-refractivity contribution in [2.24, 2.45) is 0 Å². The van der Waals surface area contributed by atoms with E-state index in [-0.39, 0.29) is 5.91 Å². The van der Waals surface area contributed by atoms with Gasteiger partial charge < -0.3 is 4.90 Å². The molecular formula is C17H24N4O. The Morgan fingerprint density at radius 3 is 2.55 bits per heavy atom. The summed E-state index contributed by atoms with van der Waals surface area (Å²) in [5.41, 5.74) is 3.07. The Hall–Kier alpha value is -2.35. The molecule has 0 spiro atoms. The van der Waals surface area contributed by atoms with E-state index >= 15 is 0 Å². The van der Waals surface area contributed by atoms with E-state index in [0.717, 1.165) is 17.0 Å². The standard InChI is InChI=1S/C17H24N4O/c1-5-11-20(12-6-2)17(22)9-8-16-14(3)19-21(15(16)4)13-7-10-18/h5-6H,1-2,7-9,11-13H2,3-4H3. The minimum atomic E-state index is 0.0865. The van der Waals surface area contributed by atoms with E-state index in [1.165, 1.54) is 0 Å². The summed E-state index contributed by atoms with van der Waals surface area (Å²) in [4.78, 5) is 14.0. The van der Waals surface area contributed by atoms with Crippen LogP contribution in [0.4, 0.5) is 0 Å². The van der Waals surface area contributed by atoms with Crippen LogP contribution in [-0.2, 0) is 17.8 Å². The second-order valence-electron chi connectivity index (χ2n) is 5.16. The van der Waals surface area contributed by atoms with Gasteiger partial charge in [-0.15, -0.1) is 13.2 Å². The molecule has 0 saturated carbocycles. The van der Waals surface area contributed by atoms with E-state index in [0.29, 0.717) is 38.9 Å². The van der Waals surface area contributed by atoms with Gasteiger partial charge in [-0.2, -0.15) is 10.4 Å². The fraction of sp³-hybridized carbons (Fsp3) is 0.471. The fourth-order valence-electron chi connectivity index (χ4n) is 2.45. The van der Waals surface area contributed by atoms with Crippen LogP contribution in [0.15, 0.2) is 25.3 Å². The molecule has 0 fully saturated rings. The Kier molecular flexibility index (Phi) is 7.11. The molecule has 0 aliphatic carbocycles. The van der Waals surface area contributed by atoms with Crippen LogP contribution >= 0.6 is 0 Å². The number of carbonyl (C=O) groups excluding carboxylic acids is 1. The summed E-state index contributed by atoms with van der Waals surface area (Å²) in [6.07, 6.45) is 4.98. The van der Waals surface area contributed by atoms with Crippen LogP contribution < -0.4 is 0 Å². The first-order valence-corrected chi connectivity index (χ1v) is 7.44. The molecule has 5 heteroatoms. The van der Waals surface area contributed by atoms with Crippen molar-refractivity contribution in [3.05, 3.63) is 42.3 Å². The zero-order valence-corrected chi connectivity index (χ0v) is 13.5. The number of rotatable bonds is 9. The van der Waals surface area contributed by atoms with Crippen molar-refractivity contribution in [2.75, 3.05) is 13.1 Å². The van der Waals surface area contributed by atoms with Crippen LogP contribution in [0.1, 0.15) is 29.8 Å². The van der Waals surface area contributed by atoms with Gasteiger partial charge >= 0.3 is 0 Å². The second-order valence-corrected chi connectivity index (χ2v) is 5.16. The number of carbonyl (C=O) groups is 1. The molecule has 0 bridgehead atoms. The first kappa shape index (κ1) is 17.7. The van der Waals surface area contributed by atoms with Crippen molar-refractivity contribution in [1.82, 2.24) is 14.7 Å². The molecule has 5 nitrogen and oxygen atoms in total. The molecule has 1 rings (SSSR count). The predicted molar refractivity (Wildman–Crippen MR) is 87.2 cm³/mol. The SMILES string of the molecule is C=CCN(CC=C)C(=O)CCc1c(C)nn(CCC#N)c1C. The van der Waals surface area contributed by atoms with E-state index in [1.807, 2.05) is 18.5 Å². The summed E-state index contributed by atoms with van der Waals surface area (Å²) in [6, 6.07) is 2.12. The maximum atomic E-state index is 12.3. The summed E-state index contributed by atoms with van der Waals surface area (Å²) >= 11 is 0. The van der Waals surface area contributed by atoms with Gasteiger partial charge in [0.1, 0.15) is 0 Å². The van der Waals surface area contributed by atoms with Crippen molar-refractivity contribution in [1.29, 1.82) is 5.26 Å². The maximum Gasteiger partial charge on any atom is 0.223 e. The molecule has 0 saturated heterocycles. The Labute approximate surface area is 132 Å². The van der Waals surface area contributed by atoms with Crippen molar-refractivity contribution >= 4 is 5.91 Å². The lowest BCUT2D eigenvalue weighted by molar-refractivity contribution is -0.130. The predicted octanol–water partition coefficient (Wildman–Crippen LogP) is 2.55. The monoisotopic (exact) mass is 300 g/mol. The van der Waals surface area contributed by atoms with E-state index in [9.17, 15) is 4.79 Å². The summed E-state index contributed by atoms with van der Waals surface area (Å²) in [5, 5.41) is 13.1. The van der Waals surface area contributed by atoms with Crippen LogP contribution in [0, 0.1) is 25.2 Å². The number of aryl methyl sites for hydroxylation is 2. The van der Waals surface area contributed by atoms with Gasteiger partial charge in [-0.3, -0.25) is 9.48 Å². The Balaban J connectivity index is 2.73. The summed E-state index contributed by atoms with van der Waals surface area (Å²) in [6.45, 7) is 12.9. The third-order valence-electron chi connectivity index (χ3n) is 3.61. The number of nitrogens with zero attached hydrogens (tertiary/aromatic N) is 4. The van der Waals surface area contributed by atoms with Crippen LogP contribution in [0.2, 0.25) is 0 Å².